The topological polar surface area (TPSA) is 74.7 Å². The molecule has 1 N–H and O–H groups in total. The molecule has 2 atom stereocenters. The van der Waals surface area contributed by atoms with Gasteiger partial charge < -0.3 is 5.11 Å². The summed E-state index contributed by atoms with van der Waals surface area (Å²) in [7, 11) is -3.47. The summed E-state index contributed by atoms with van der Waals surface area (Å²) in [5, 5.41) is 8.46. The van der Waals surface area contributed by atoms with Gasteiger partial charge in [0.05, 0.1) is 11.2 Å². The van der Waals surface area contributed by atoms with E-state index in [4.69, 9.17) is 0 Å². The van der Waals surface area contributed by atoms with Crippen LogP contribution in [0.25, 0.3) is 0 Å². The second kappa shape index (κ2) is 5.40. The molecule has 0 aliphatic heterocycles. The Hall–Kier alpha value is -0.620. The summed E-state index contributed by atoms with van der Waals surface area (Å²) in [4.78, 5) is 11.2. The van der Waals surface area contributed by atoms with Crippen LogP contribution in [0.1, 0.15) is 46.0 Å². The van der Waals surface area contributed by atoms with Crippen LogP contribution in [-0.2, 0) is 14.8 Å². The first kappa shape index (κ1) is 14.8. The first-order valence-corrected chi connectivity index (χ1v) is 8.57. The zero-order chi connectivity index (χ0) is 14.2. The Morgan fingerprint density at radius 3 is 2.37 bits per heavy atom. The molecule has 0 bridgehead atoms. The third-order valence-corrected chi connectivity index (χ3v) is 6.41. The maximum atomic E-state index is 12.7. The van der Waals surface area contributed by atoms with E-state index in [0.717, 1.165) is 12.8 Å². The summed E-state index contributed by atoms with van der Waals surface area (Å²) in [6, 6.07) is 0.113. The third kappa shape index (κ3) is 3.11. The number of aliphatic carboxylic acids is 1. The van der Waals surface area contributed by atoms with Crippen LogP contribution in [0.15, 0.2) is 0 Å². The van der Waals surface area contributed by atoms with Gasteiger partial charge in [-0.2, -0.15) is 4.31 Å². The number of hydrogen-bond acceptors (Lipinski definition) is 3. The second-order valence-electron chi connectivity index (χ2n) is 6.15. The Labute approximate surface area is 115 Å². The van der Waals surface area contributed by atoms with Crippen molar-refractivity contribution in [2.45, 2.75) is 57.2 Å². The SMILES string of the molecule is CC(C)CN(C1CC1)S(=O)(=O)C1CCCC1C(=O)O. The number of nitrogens with zero attached hydrogens (tertiary/aromatic N) is 1. The number of rotatable bonds is 6. The normalized spacial score (nSPS) is 28.2. The van der Waals surface area contributed by atoms with Crippen molar-refractivity contribution in [1.82, 2.24) is 4.31 Å². The number of carboxylic acids is 1. The van der Waals surface area contributed by atoms with Crippen LogP contribution >= 0.6 is 0 Å². The average Bonchev–Trinajstić information content (AvgIpc) is 2.99. The van der Waals surface area contributed by atoms with Crippen molar-refractivity contribution in [3.05, 3.63) is 0 Å². The molecule has 0 aromatic carbocycles. The van der Waals surface area contributed by atoms with Gasteiger partial charge in [-0.15, -0.1) is 0 Å². The quantitative estimate of drug-likeness (QED) is 0.807. The van der Waals surface area contributed by atoms with E-state index in [1.165, 1.54) is 0 Å². The van der Waals surface area contributed by atoms with E-state index in [-0.39, 0.29) is 12.0 Å². The van der Waals surface area contributed by atoms with Gasteiger partial charge in [0.25, 0.3) is 0 Å². The van der Waals surface area contributed by atoms with Gasteiger partial charge in [-0.05, 0) is 31.6 Å². The summed E-state index contributed by atoms with van der Waals surface area (Å²) in [6.45, 7) is 4.50. The molecule has 2 aliphatic rings. The average molecular weight is 289 g/mol. The minimum atomic E-state index is -3.47. The molecule has 0 aromatic heterocycles. The van der Waals surface area contributed by atoms with Gasteiger partial charge in [-0.25, -0.2) is 8.42 Å². The van der Waals surface area contributed by atoms with Crippen LogP contribution in [0.4, 0.5) is 0 Å². The minimum absolute atomic E-state index is 0.113. The second-order valence-corrected chi connectivity index (χ2v) is 8.26. The zero-order valence-electron chi connectivity index (χ0n) is 11.6. The van der Waals surface area contributed by atoms with Crippen molar-refractivity contribution < 1.29 is 18.3 Å². The first-order chi connectivity index (χ1) is 8.84. The standard InChI is InChI=1S/C13H23NO4S/c1-9(2)8-14(10-6-7-10)19(17,18)12-5-3-4-11(12)13(15)16/h9-12H,3-8H2,1-2H3,(H,15,16). The van der Waals surface area contributed by atoms with Crippen LogP contribution < -0.4 is 0 Å². The molecule has 0 spiro atoms. The number of hydrogen-bond donors (Lipinski definition) is 1. The summed E-state index contributed by atoms with van der Waals surface area (Å²) in [5.74, 6) is -1.43. The molecule has 110 valence electrons. The molecule has 6 heteroatoms. The highest BCUT2D eigenvalue weighted by atomic mass is 32.2. The minimum Gasteiger partial charge on any atom is -0.481 e. The lowest BCUT2D eigenvalue weighted by molar-refractivity contribution is -0.141. The van der Waals surface area contributed by atoms with Gasteiger partial charge in [-0.1, -0.05) is 20.3 Å². The Morgan fingerprint density at radius 2 is 1.89 bits per heavy atom. The fourth-order valence-electron chi connectivity index (χ4n) is 2.92. The summed E-state index contributed by atoms with van der Waals surface area (Å²) >= 11 is 0. The smallest absolute Gasteiger partial charge is 0.307 e. The molecular weight excluding hydrogens is 266 g/mol. The Kier molecular flexibility index (Phi) is 4.20. The van der Waals surface area contributed by atoms with Crippen molar-refractivity contribution in [3.8, 4) is 0 Å². The molecule has 2 fully saturated rings. The highest BCUT2D eigenvalue weighted by Gasteiger charge is 2.47. The molecule has 2 aliphatic carbocycles. The molecule has 0 saturated heterocycles. The van der Waals surface area contributed by atoms with E-state index in [0.29, 0.717) is 25.8 Å². The molecule has 0 heterocycles. The Balaban J connectivity index is 2.21. The largest absolute Gasteiger partial charge is 0.481 e. The van der Waals surface area contributed by atoms with Crippen molar-refractivity contribution in [3.63, 3.8) is 0 Å². The van der Waals surface area contributed by atoms with Crippen molar-refractivity contribution in [2.75, 3.05) is 6.54 Å². The third-order valence-electron chi connectivity index (χ3n) is 3.98. The van der Waals surface area contributed by atoms with E-state index in [9.17, 15) is 18.3 Å². The number of carboxylic acid groups (broad SMARTS) is 1. The van der Waals surface area contributed by atoms with Crippen LogP contribution in [-0.4, -0.2) is 41.6 Å². The van der Waals surface area contributed by atoms with Crippen molar-refractivity contribution in [1.29, 1.82) is 0 Å². The lowest BCUT2D eigenvalue weighted by Gasteiger charge is -2.28. The highest BCUT2D eigenvalue weighted by molar-refractivity contribution is 7.89. The molecule has 2 saturated carbocycles. The molecule has 5 nitrogen and oxygen atoms in total. The van der Waals surface area contributed by atoms with E-state index >= 15 is 0 Å². The fourth-order valence-corrected chi connectivity index (χ4v) is 5.53. The van der Waals surface area contributed by atoms with Crippen LogP contribution in [0.5, 0.6) is 0 Å². The van der Waals surface area contributed by atoms with Gasteiger partial charge >= 0.3 is 5.97 Å². The van der Waals surface area contributed by atoms with Crippen LogP contribution in [0.2, 0.25) is 0 Å². The lowest BCUT2D eigenvalue weighted by Crippen LogP contribution is -2.44. The van der Waals surface area contributed by atoms with Gasteiger partial charge in [0.2, 0.25) is 10.0 Å². The van der Waals surface area contributed by atoms with Gasteiger partial charge in [0.1, 0.15) is 0 Å². The number of carbonyl (C=O) groups is 1. The van der Waals surface area contributed by atoms with Gasteiger partial charge in [0, 0.05) is 12.6 Å². The lowest BCUT2D eigenvalue weighted by atomic mass is 10.1. The highest BCUT2D eigenvalue weighted by Crippen LogP contribution is 2.38. The Morgan fingerprint density at radius 1 is 1.26 bits per heavy atom. The first-order valence-electron chi connectivity index (χ1n) is 7.07. The van der Waals surface area contributed by atoms with Crippen LogP contribution in [0.3, 0.4) is 0 Å². The zero-order valence-corrected chi connectivity index (χ0v) is 12.4. The fraction of sp³-hybridized carbons (Fsp3) is 0.923. The summed E-state index contributed by atoms with van der Waals surface area (Å²) in [5.41, 5.74) is 0. The molecular formula is C13H23NO4S. The molecule has 2 unspecified atom stereocenters. The Bertz CT molecular complexity index is 442. The molecule has 2 rings (SSSR count). The molecule has 0 aromatic rings. The summed E-state index contributed by atoms with van der Waals surface area (Å²) in [6.07, 6.45) is 3.49. The summed E-state index contributed by atoms with van der Waals surface area (Å²) < 4.78 is 27.0. The van der Waals surface area contributed by atoms with E-state index in [1.807, 2.05) is 13.8 Å². The van der Waals surface area contributed by atoms with Gasteiger partial charge in [0.15, 0.2) is 0 Å². The predicted octanol–water partition coefficient (Wildman–Crippen LogP) is 1.69. The predicted molar refractivity (Wildman–Crippen MR) is 72.3 cm³/mol. The van der Waals surface area contributed by atoms with E-state index in [2.05, 4.69) is 0 Å². The molecule has 0 amide bonds. The van der Waals surface area contributed by atoms with Crippen LogP contribution in [0, 0.1) is 11.8 Å². The van der Waals surface area contributed by atoms with E-state index in [1.54, 1.807) is 4.31 Å². The molecule has 19 heavy (non-hydrogen) atoms. The van der Waals surface area contributed by atoms with Crippen molar-refractivity contribution >= 4 is 16.0 Å². The monoisotopic (exact) mass is 289 g/mol. The maximum Gasteiger partial charge on any atom is 0.307 e. The maximum absolute atomic E-state index is 12.7. The van der Waals surface area contributed by atoms with Crippen molar-refractivity contribution in [2.24, 2.45) is 11.8 Å². The molecule has 0 radical (unpaired) electrons. The van der Waals surface area contributed by atoms with Gasteiger partial charge in [-0.3, -0.25) is 4.79 Å². The number of sulfonamides is 1. The van der Waals surface area contributed by atoms with E-state index < -0.39 is 27.2 Å².